The zero-order valence-corrected chi connectivity index (χ0v) is 16.0. The number of nitrogens with one attached hydrogen (secondary N) is 1. The largest absolute Gasteiger partial charge is 0.508 e. The predicted molar refractivity (Wildman–Crippen MR) is 107 cm³/mol. The standard InChI is InChI=1S/C17H18Cl2FN3O4.CH4/c1-7(2)9-5-8(3-4-11(9)24)27-14-12(18)15(20)23-16(13(14)19)22-6-10(21)17(25)26;/h3-5,7,10,24H,6,21H2,1-2H3,(H,22,23)(H,25,26);1H4/t10-;/m1./s1. The maximum Gasteiger partial charge on any atom is 0.322 e. The molecule has 28 heavy (non-hydrogen) atoms. The van der Waals surface area contributed by atoms with Gasteiger partial charge in [-0.15, -0.1) is 0 Å². The van der Waals surface area contributed by atoms with Crippen LogP contribution in [0.2, 0.25) is 10.0 Å². The van der Waals surface area contributed by atoms with Crippen LogP contribution in [0.3, 0.4) is 0 Å². The molecular weight excluding hydrogens is 412 g/mol. The molecule has 2 rings (SSSR count). The summed E-state index contributed by atoms with van der Waals surface area (Å²) in [6, 6.07) is 3.25. The molecular formula is C18H22Cl2FN3O4. The molecule has 1 aromatic heterocycles. The van der Waals surface area contributed by atoms with Gasteiger partial charge >= 0.3 is 5.97 Å². The summed E-state index contributed by atoms with van der Waals surface area (Å²) in [5.41, 5.74) is 6.02. The summed E-state index contributed by atoms with van der Waals surface area (Å²) in [5.74, 6) is -2.26. The molecule has 1 atom stereocenters. The van der Waals surface area contributed by atoms with Gasteiger partial charge in [-0.2, -0.15) is 9.37 Å². The van der Waals surface area contributed by atoms with E-state index in [0.717, 1.165) is 0 Å². The van der Waals surface area contributed by atoms with Gasteiger partial charge in [0.2, 0.25) is 5.95 Å². The minimum atomic E-state index is -1.24. The minimum absolute atomic E-state index is 0. The first-order valence-corrected chi connectivity index (χ1v) is 8.64. The summed E-state index contributed by atoms with van der Waals surface area (Å²) < 4.78 is 19.7. The summed E-state index contributed by atoms with van der Waals surface area (Å²) >= 11 is 12.1. The van der Waals surface area contributed by atoms with Crippen LogP contribution < -0.4 is 15.8 Å². The summed E-state index contributed by atoms with van der Waals surface area (Å²) in [6.07, 6.45) is 0. The van der Waals surface area contributed by atoms with Gasteiger partial charge in [0, 0.05) is 12.1 Å². The van der Waals surface area contributed by atoms with Gasteiger partial charge in [-0.05, 0) is 24.1 Å². The molecule has 154 valence electrons. The Balaban J connectivity index is 0.00000392. The lowest BCUT2D eigenvalue weighted by Crippen LogP contribution is -2.37. The monoisotopic (exact) mass is 433 g/mol. The van der Waals surface area contributed by atoms with Crippen LogP contribution in [0.4, 0.5) is 10.2 Å². The number of benzene rings is 1. The Kier molecular flexibility index (Phi) is 8.29. The van der Waals surface area contributed by atoms with E-state index in [1.807, 2.05) is 13.8 Å². The molecule has 0 saturated heterocycles. The molecule has 0 aliphatic rings. The van der Waals surface area contributed by atoms with Crippen molar-refractivity contribution in [1.82, 2.24) is 4.98 Å². The van der Waals surface area contributed by atoms with Crippen molar-refractivity contribution in [2.75, 3.05) is 11.9 Å². The maximum atomic E-state index is 14.1. The zero-order valence-electron chi connectivity index (χ0n) is 14.5. The Bertz CT molecular complexity index is 865. The van der Waals surface area contributed by atoms with Crippen molar-refractivity contribution >= 4 is 35.0 Å². The van der Waals surface area contributed by atoms with Crippen molar-refractivity contribution in [2.24, 2.45) is 5.73 Å². The fraction of sp³-hybridized carbons (Fsp3) is 0.333. The first-order valence-electron chi connectivity index (χ1n) is 7.89. The lowest BCUT2D eigenvalue weighted by Gasteiger charge is -2.16. The normalized spacial score (nSPS) is 11.7. The molecule has 0 bridgehead atoms. The molecule has 0 unspecified atom stereocenters. The van der Waals surface area contributed by atoms with E-state index in [1.54, 1.807) is 6.07 Å². The van der Waals surface area contributed by atoms with E-state index in [9.17, 15) is 14.3 Å². The average Bonchev–Trinajstić information content (AvgIpc) is 2.61. The first-order chi connectivity index (χ1) is 12.6. The van der Waals surface area contributed by atoms with Crippen LogP contribution in [-0.2, 0) is 4.79 Å². The number of pyridine rings is 1. The highest BCUT2D eigenvalue weighted by atomic mass is 35.5. The van der Waals surface area contributed by atoms with Crippen LogP contribution in [0.5, 0.6) is 17.2 Å². The lowest BCUT2D eigenvalue weighted by atomic mass is 10.0. The molecule has 1 aromatic carbocycles. The van der Waals surface area contributed by atoms with Gasteiger partial charge in [0.15, 0.2) is 11.6 Å². The van der Waals surface area contributed by atoms with E-state index in [0.29, 0.717) is 5.56 Å². The molecule has 10 heteroatoms. The second-order valence-electron chi connectivity index (χ2n) is 6.01. The fourth-order valence-electron chi connectivity index (χ4n) is 2.17. The second kappa shape index (κ2) is 9.77. The van der Waals surface area contributed by atoms with E-state index in [1.165, 1.54) is 12.1 Å². The predicted octanol–water partition coefficient (Wildman–Crippen LogP) is 4.61. The van der Waals surface area contributed by atoms with Gasteiger partial charge in [0.25, 0.3) is 0 Å². The SMILES string of the molecule is C.CC(C)c1cc(Oc2c(Cl)c(F)nc(NC[C@@H](N)C(=O)O)c2Cl)ccc1O. The van der Waals surface area contributed by atoms with Crippen molar-refractivity contribution in [3.63, 3.8) is 0 Å². The van der Waals surface area contributed by atoms with Gasteiger partial charge < -0.3 is 26.0 Å². The third kappa shape index (κ3) is 5.37. The van der Waals surface area contributed by atoms with Crippen molar-refractivity contribution < 1.29 is 24.1 Å². The number of anilines is 1. The highest BCUT2D eigenvalue weighted by Crippen LogP contribution is 2.42. The Labute approximate surface area is 172 Å². The van der Waals surface area contributed by atoms with E-state index in [4.69, 9.17) is 38.8 Å². The van der Waals surface area contributed by atoms with Crippen LogP contribution in [0.1, 0.15) is 32.8 Å². The summed E-state index contributed by atoms with van der Waals surface area (Å²) in [6.45, 7) is 3.54. The van der Waals surface area contributed by atoms with Crippen LogP contribution in [0, 0.1) is 5.95 Å². The van der Waals surface area contributed by atoms with Gasteiger partial charge in [0.1, 0.15) is 27.6 Å². The van der Waals surface area contributed by atoms with Crippen LogP contribution in [-0.4, -0.2) is 33.8 Å². The number of hydrogen-bond acceptors (Lipinski definition) is 6. The van der Waals surface area contributed by atoms with E-state index in [2.05, 4.69) is 10.3 Å². The van der Waals surface area contributed by atoms with E-state index >= 15 is 0 Å². The number of carboxylic acid groups (broad SMARTS) is 1. The number of phenolic OH excluding ortho intramolecular Hbond substituents is 1. The van der Waals surface area contributed by atoms with Gasteiger partial charge in [-0.25, -0.2) is 0 Å². The van der Waals surface area contributed by atoms with Crippen LogP contribution >= 0.6 is 23.2 Å². The third-order valence-corrected chi connectivity index (χ3v) is 4.32. The van der Waals surface area contributed by atoms with Gasteiger partial charge in [-0.3, -0.25) is 4.79 Å². The maximum absolute atomic E-state index is 14.1. The number of aromatic nitrogens is 1. The van der Waals surface area contributed by atoms with Crippen molar-refractivity contribution in [1.29, 1.82) is 0 Å². The van der Waals surface area contributed by atoms with Crippen LogP contribution in [0.15, 0.2) is 18.2 Å². The molecule has 0 saturated carbocycles. The molecule has 0 fully saturated rings. The number of rotatable bonds is 7. The van der Waals surface area contributed by atoms with Crippen molar-refractivity contribution in [2.45, 2.75) is 33.2 Å². The third-order valence-electron chi connectivity index (χ3n) is 3.65. The second-order valence-corrected chi connectivity index (χ2v) is 6.77. The molecule has 7 nitrogen and oxygen atoms in total. The Morgan fingerprint density at radius 1 is 1.36 bits per heavy atom. The summed E-state index contributed by atoms with van der Waals surface area (Å²) in [7, 11) is 0. The topological polar surface area (TPSA) is 118 Å². The van der Waals surface area contributed by atoms with Crippen LogP contribution in [0.25, 0.3) is 0 Å². The molecule has 0 amide bonds. The first kappa shape index (κ1) is 23.7. The minimum Gasteiger partial charge on any atom is -0.508 e. The van der Waals surface area contributed by atoms with Gasteiger partial charge in [0.05, 0.1) is 0 Å². The molecule has 5 N–H and O–H groups in total. The number of phenols is 1. The molecule has 0 radical (unpaired) electrons. The van der Waals surface area contributed by atoms with E-state index < -0.39 is 23.0 Å². The Morgan fingerprint density at radius 3 is 2.57 bits per heavy atom. The summed E-state index contributed by atoms with van der Waals surface area (Å²) in [5, 5.41) is 20.7. The van der Waals surface area contributed by atoms with E-state index in [-0.39, 0.29) is 48.0 Å². The molecule has 0 aliphatic carbocycles. The Morgan fingerprint density at radius 2 is 2.00 bits per heavy atom. The molecule has 0 aliphatic heterocycles. The average molecular weight is 434 g/mol. The number of aromatic hydroxyl groups is 1. The van der Waals surface area contributed by atoms with Crippen molar-refractivity contribution in [3.05, 3.63) is 39.8 Å². The number of carboxylic acids is 1. The number of ether oxygens (including phenoxy) is 1. The van der Waals surface area contributed by atoms with Gasteiger partial charge in [-0.1, -0.05) is 44.5 Å². The number of hydrogen-bond donors (Lipinski definition) is 4. The number of nitrogens with zero attached hydrogens (tertiary/aromatic N) is 1. The number of aliphatic carboxylic acids is 1. The molecule has 1 heterocycles. The Hall–Kier alpha value is -2.29. The summed E-state index contributed by atoms with van der Waals surface area (Å²) in [4.78, 5) is 14.3. The smallest absolute Gasteiger partial charge is 0.322 e. The number of carbonyl (C=O) groups is 1. The number of nitrogens with two attached hydrogens (primary N) is 1. The highest BCUT2D eigenvalue weighted by molar-refractivity contribution is 6.38. The number of halogens is 3. The van der Waals surface area contributed by atoms with Crippen molar-refractivity contribution in [3.8, 4) is 17.2 Å². The highest BCUT2D eigenvalue weighted by Gasteiger charge is 2.21. The molecule has 2 aromatic rings. The fourth-order valence-corrected chi connectivity index (χ4v) is 2.64. The lowest BCUT2D eigenvalue weighted by molar-refractivity contribution is -0.138. The zero-order chi connectivity index (χ0) is 20.3. The quantitative estimate of drug-likeness (QED) is 0.470. The molecule has 0 spiro atoms.